The molecule has 7 heteroatoms. The number of nitrogens with zero attached hydrogens (tertiary/aromatic N) is 1. The number of carbonyl (C=O) groups excluding carboxylic acids is 1. The lowest BCUT2D eigenvalue weighted by molar-refractivity contribution is -0.141. The molecule has 0 fully saturated rings. The maximum absolute atomic E-state index is 11.9. The molecule has 0 bridgehead atoms. The Labute approximate surface area is 131 Å². The summed E-state index contributed by atoms with van der Waals surface area (Å²) in [5.41, 5.74) is 0.279. The van der Waals surface area contributed by atoms with Crippen molar-refractivity contribution < 1.29 is 14.7 Å². The van der Waals surface area contributed by atoms with E-state index in [0.29, 0.717) is 15.7 Å². The number of rotatable bonds is 3. The van der Waals surface area contributed by atoms with E-state index in [1.54, 1.807) is 39.0 Å². The van der Waals surface area contributed by atoms with Crippen LogP contribution >= 0.6 is 15.9 Å². The van der Waals surface area contributed by atoms with Crippen molar-refractivity contribution in [1.82, 2.24) is 5.32 Å². The molecule has 1 aromatic rings. The molecule has 21 heavy (non-hydrogen) atoms. The van der Waals surface area contributed by atoms with Gasteiger partial charge in [0.25, 0.3) is 0 Å². The van der Waals surface area contributed by atoms with Gasteiger partial charge >= 0.3 is 12.0 Å². The Bertz CT molecular complexity index is 602. The number of amides is 2. The van der Waals surface area contributed by atoms with Crippen molar-refractivity contribution in [3.63, 3.8) is 0 Å². The van der Waals surface area contributed by atoms with E-state index in [1.807, 2.05) is 6.07 Å². The van der Waals surface area contributed by atoms with Gasteiger partial charge in [-0.2, -0.15) is 5.26 Å². The quantitative estimate of drug-likeness (QED) is 0.777. The monoisotopic (exact) mass is 353 g/mol. The Morgan fingerprint density at radius 2 is 2.00 bits per heavy atom. The van der Waals surface area contributed by atoms with Crippen molar-refractivity contribution in [3.05, 3.63) is 28.2 Å². The standard InChI is InChI=1S/C14H16BrN3O3/c1-14(2,3)11(12(19)20)18-13(21)17-10-5-4-8(7-16)6-9(10)15/h4-6,11H,1-3H3,(H,19,20)(H2,17,18,21). The zero-order valence-corrected chi connectivity index (χ0v) is 13.5. The predicted molar refractivity (Wildman–Crippen MR) is 81.9 cm³/mol. The van der Waals surface area contributed by atoms with E-state index in [9.17, 15) is 9.59 Å². The highest BCUT2D eigenvalue weighted by atomic mass is 79.9. The molecule has 0 saturated carbocycles. The lowest BCUT2D eigenvalue weighted by Crippen LogP contribution is -2.50. The van der Waals surface area contributed by atoms with Crippen LogP contribution in [0.15, 0.2) is 22.7 Å². The van der Waals surface area contributed by atoms with E-state index in [-0.39, 0.29) is 0 Å². The Morgan fingerprint density at radius 1 is 1.38 bits per heavy atom. The maximum Gasteiger partial charge on any atom is 0.326 e. The van der Waals surface area contributed by atoms with Crippen molar-refractivity contribution >= 4 is 33.6 Å². The van der Waals surface area contributed by atoms with E-state index in [4.69, 9.17) is 10.4 Å². The highest BCUT2D eigenvalue weighted by molar-refractivity contribution is 9.10. The van der Waals surface area contributed by atoms with Crippen molar-refractivity contribution in [3.8, 4) is 6.07 Å². The highest BCUT2D eigenvalue weighted by Gasteiger charge is 2.32. The molecule has 0 aliphatic carbocycles. The molecule has 3 N–H and O–H groups in total. The number of carboxylic acids is 1. The summed E-state index contributed by atoms with van der Waals surface area (Å²) >= 11 is 3.24. The van der Waals surface area contributed by atoms with Gasteiger partial charge in [0.2, 0.25) is 0 Å². The summed E-state index contributed by atoms with van der Waals surface area (Å²) in [4.78, 5) is 23.1. The molecule has 1 unspecified atom stereocenters. The molecule has 112 valence electrons. The topological polar surface area (TPSA) is 102 Å². The van der Waals surface area contributed by atoms with Gasteiger partial charge in [0, 0.05) is 4.47 Å². The van der Waals surface area contributed by atoms with Gasteiger partial charge in [0.1, 0.15) is 6.04 Å². The number of hydrogen-bond acceptors (Lipinski definition) is 3. The molecule has 0 aliphatic rings. The number of urea groups is 1. The van der Waals surface area contributed by atoms with Crippen LogP contribution in [0.1, 0.15) is 26.3 Å². The van der Waals surface area contributed by atoms with Crippen LogP contribution in [0.3, 0.4) is 0 Å². The fourth-order valence-corrected chi connectivity index (χ4v) is 2.10. The number of carboxylic acid groups (broad SMARTS) is 1. The van der Waals surface area contributed by atoms with E-state index in [2.05, 4.69) is 26.6 Å². The third kappa shape index (κ3) is 4.76. The normalized spacial score (nSPS) is 12.1. The van der Waals surface area contributed by atoms with Crippen molar-refractivity contribution in [1.29, 1.82) is 5.26 Å². The largest absolute Gasteiger partial charge is 0.480 e. The van der Waals surface area contributed by atoms with Crippen molar-refractivity contribution in [2.75, 3.05) is 5.32 Å². The van der Waals surface area contributed by atoms with Gasteiger partial charge in [0.15, 0.2) is 0 Å². The summed E-state index contributed by atoms with van der Waals surface area (Å²) in [6.07, 6.45) is 0. The summed E-state index contributed by atoms with van der Waals surface area (Å²) in [6, 6.07) is 5.02. The molecule has 1 atom stereocenters. The van der Waals surface area contributed by atoms with Crippen LogP contribution in [0.4, 0.5) is 10.5 Å². The number of nitrogens with one attached hydrogen (secondary N) is 2. The zero-order chi connectivity index (χ0) is 16.2. The minimum atomic E-state index is -1.10. The second kappa shape index (κ2) is 6.59. The van der Waals surface area contributed by atoms with E-state index < -0.39 is 23.5 Å². The Kier molecular flexibility index (Phi) is 5.33. The first-order chi connectivity index (χ1) is 9.65. The number of hydrogen-bond donors (Lipinski definition) is 3. The first kappa shape index (κ1) is 17.0. The summed E-state index contributed by atoms with van der Waals surface area (Å²) in [5, 5.41) is 22.9. The van der Waals surface area contributed by atoms with Gasteiger partial charge in [-0.1, -0.05) is 20.8 Å². The van der Waals surface area contributed by atoms with E-state index in [0.717, 1.165) is 0 Å². The number of anilines is 1. The van der Waals surface area contributed by atoms with Crippen molar-refractivity contribution in [2.45, 2.75) is 26.8 Å². The lowest BCUT2D eigenvalue weighted by Gasteiger charge is -2.27. The Balaban J connectivity index is 2.82. The Hall–Kier alpha value is -2.07. The Morgan fingerprint density at radius 3 is 2.43 bits per heavy atom. The number of carbonyl (C=O) groups is 2. The number of halogens is 1. The first-order valence-corrected chi connectivity index (χ1v) is 6.94. The second-order valence-corrected chi connectivity index (χ2v) is 6.40. The molecule has 2 amide bonds. The molecular weight excluding hydrogens is 338 g/mol. The number of aliphatic carboxylic acids is 1. The molecule has 0 saturated heterocycles. The lowest BCUT2D eigenvalue weighted by atomic mass is 9.87. The van der Waals surface area contributed by atoms with Gasteiger partial charge in [-0.15, -0.1) is 0 Å². The molecule has 6 nitrogen and oxygen atoms in total. The summed E-state index contributed by atoms with van der Waals surface area (Å²) in [5.74, 6) is -1.10. The van der Waals surface area contributed by atoms with Crippen LogP contribution < -0.4 is 10.6 Å². The fourth-order valence-electron chi connectivity index (χ4n) is 1.62. The molecule has 1 aromatic carbocycles. The van der Waals surface area contributed by atoms with Gasteiger partial charge in [0.05, 0.1) is 17.3 Å². The molecule has 0 heterocycles. The van der Waals surface area contributed by atoms with Gasteiger partial charge in [-0.05, 0) is 39.5 Å². The summed E-state index contributed by atoms with van der Waals surface area (Å²) < 4.78 is 0.541. The van der Waals surface area contributed by atoms with Gasteiger partial charge in [-0.25, -0.2) is 9.59 Å². The average molecular weight is 354 g/mol. The SMILES string of the molecule is CC(C)(C)C(NC(=O)Nc1ccc(C#N)cc1Br)C(=O)O. The minimum Gasteiger partial charge on any atom is -0.480 e. The highest BCUT2D eigenvalue weighted by Crippen LogP contribution is 2.24. The smallest absolute Gasteiger partial charge is 0.326 e. The van der Waals surface area contributed by atoms with E-state index in [1.165, 1.54) is 0 Å². The average Bonchev–Trinajstić information content (AvgIpc) is 2.36. The van der Waals surface area contributed by atoms with Crippen LogP contribution in [0, 0.1) is 16.7 Å². The van der Waals surface area contributed by atoms with E-state index >= 15 is 0 Å². The molecule has 0 aliphatic heterocycles. The van der Waals surface area contributed by atoms with Crippen molar-refractivity contribution in [2.24, 2.45) is 5.41 Å². The molecule has 0 radical (unpaired) electrons. The van der Waals surface area contributed by atoms with Gasteiger partial charge < -0.3 is 15.7 Å². The third-order valence-corrected chi connectivity index (χ3v) is 3.39. The van der Waals surface area contributed by atoms with Crippen LogP contribution in [0.25, 0.3) is 0 Å². The number of benzene rings is 1. The molecular formula is C14H16BrN3O3. The molecule has 1 rings (SSSR count). The summed E-state index contributed by atoms with van der Waals surface area (Å²) in [6.45, 7) is 5.18. The van der Waals surface area contributed by atoms with Gasteiger partial charge in [-0.3, -0.25) is 0 Å². The minimum absolute atomic E-state index is 0.449. The predicted octanol–water partition coefficient (Wildman–Crippen LogP) is 2.94. The zero-order valence-electron chi connectivity index (χ0n) is 11.9. The molecule has 0 aromatic heterocycles. The maximum atomic E-state index is 11.9. The molecule has 0 spiro atoms. The van der Waals surface area contributed by atoms with Crippen LogP contribution in [0.5, 0.6) is 0 Å². The second-order valence-electron chi connectivity index (χ2n) is 5.54. The van der Waals surface area contributed by atoms with Crippen LogP contribution in [-0.2, 0) is 4.79 Å². The fraction of sp³-hybridized carbons (Fsp3) is 0.357. The first-order valence-electron chi connectivity index (χ1n) is 6.15. The third-order valence-electron chi connectivity index (χ3n) is 2.73. The number of nitriles is 1. The van der Waals surface area contributed by atoms with Crippen LogP contribution in [0.2, 0.25) is 0 Å². The summed E-state index contributed by atoms with van der Waals surface area (Å²) in [7, 11) is 0. The van der Waals surface area contributed by atoms with Crippen LogP contribution in [-0.4, -0.2) is 23.1 Å².